The minimum Gasteiger partial charge on any atom is -0.494 e. The Bertz CT molecular complexity index is 1050. The average Bonchev–Trinajstić information content (AvgIpc) is 3.41. The molecule has 30 heavy (non-hydrogen) atoms. The van der Waals surface area contributed by atoms with Crippen molar-refractivity contribution in [3.8, 4) is 17.0 Å². The Morgan fingerprint density at radius 2 is 1.77 bits per heavy atom. The molecule has 0 amide bonds. The number of para-hydroxylation sites is 1. The third kappa shape index (κ3) is 5.22. The number of rotatable bonds is 11. The summed E-state index contributed by atoms with van der Waals surface area (Å²) in [6, 6.07) is 16.4. The van der Waals surface area contributed by atoms with Gasteiger partial charge in [0, 0.05) is 33.7 Å². The molecule has 0 fully saturated rings. The van der Waals surface area contributed by atoms with E-state index in [9.17, 15) is 0 Å². The molecule has 0 aliphatic rings. The van der Waals surface area contributed by atoms with Gasteiger partial charge in [-0.3, -0.25) is 0 Å². The van der Waals surface area contributed by atoms with Crippen molar-refractivity contribution in [2.75, 3.05) is 11.9 Å². The molecule has 156 valence electrons. The number of hydrogen-bond acceptors (Lipinski definition) is 4. The van der Waals surface area contributed by atoms with Gasteiger partial charge < -0.3 is 15.0 Å². The first-order valence-electron chi connectivity index (χ1n) is 10.9. The number of hydrogen-bond donors (Lipinski definition) is 2. The first kappa shape index (κ1) is 20.5. The van der Waals surface area contributed by atoms with Gasteiger partial charge in [-0.2, -0.15) is 0 Å². The van der Waals surface area contributed by atoms with Gasteiger partial charge in [-0.25, -0.2) is 4.98 Å². The molecule has 0 unspecified atom stereocenters. The Morgan fingerprint density at radius 1 is 0.967 bits per heavy atom. The molecule has 4 aromatic rings. The van der Waals surface area contributed by atoms with E-state index in [4.69, 9.17) is 9.72 Å². The van der Waals surface area contributed by atoms with Gasteiger partial charge in [-0.15, -0.1) is 11.3 Å². The minimum atomic E-state index is 0.791. The second-order valence-corrected chi connectivity index (χ2v) is 8.41. The number of aromatic nitrogens is 2. The van der Waals surface area contributed by atoms with E-state index in [-0.39, 0.29) is 0 Å². The molecule has 0 atom stereocenters. The number of fused-ring (bicyclic) bond motifs is 1. The van der Waals surface area contributed by atoms with Crippen molar-refractivity contribution in [2.24, 2.45) is 0 Å². The van der Waals surface area contributed by atoms with Crippen LogP contribution in [0.1, 0.15) is 45.4 Å². The van der Waals surface area contributed by atoms with E-state index in [0.717, 1.165) is 46.4 Å². The van der Waals surface area contributed by atoms with E-state index in [1.165, 1.54) is 37.5 Å². The van der Waals surface area contributed by atoms with Crippen molar-refractivity contribution in [2.45, 2.75) is 45.4 Å². The zero-order valence-electron chi connectivity index (χ0n) is 17.5. The Balaban J connectivity index is 1.29. The maximum Gasteiger partial charge on any atom is 0.187 e. The molecule has 2 aromatic heterocycles. The summed E-state index contributed by atoms with van der Waals surface area (Å²) in [6.07, 6.45) is 9.70. The average molecular weight is 420 g/mol. The molecular formula is C25H29N3OS. The fraction of sp³-hybridized carbons (Fsp3) is 0.320. The van der Waals surface area contributed by atoms with Gasteiger partial charge in [0.05, 0.1) is 12.3 Å². The maximum absolute atomic E-state index is 5.87. The van der Waals surface area contributed by atoms with E-state index in [1.54, 1.807) is 11.3 Å². The van der Waals surface area contributed by atoms with E-state index >= 15 is 0 Å². The molecule has 2 heterocycles. The maximum atomic E-state index is 5.87. The number of ether oxygens (including phenoxy) is 1. The summed E-state index contributed by atoms with van der Waals surface area (Å²) in [5, 5.41) is 7.57. The van der Waals surface area contributed by atoms with Crippen molar-refractivity contribution in [3.63, 3.8) is 0 Å². The summed E-state index contributed by atoms with van der Waals surface area (Å²) >= 11 is 1.61. The minimum absolute atomic E-state index is 0.791. The topological polar surface area (TPSA) is 49.9 Å². The number of nitrogens with one attached hydrogen (secondary N) is 2. The van der Waals surface area contributed by atoms with Crippen molar-refractivity contribution >= 4 is 33.1 Å². The lowest BCUT2D eigenvalue weighted by atomic mass is 10.1. The number of aromatic amines is 1. The van der Waals surface area contributed by atoms with Crippen LogP contribution in [0.3, 0.4) is 0 Å². The third-order valence-corrected chi connectivity index (χ3v) is 6.00. The van der Waals surface area contributed by atoms with Crippen molar-refractivity contribution in [1.29, 1.82) is 0 Å². The molecule has 2 N–H and O–H groups in total. The van der Waals surface area contributed by atoms with Crippen molar-refractivity contribution < 1.29 is 4.74 Å². The number of unbranched alkanes of at least 4 members (excludes halogenated alkanes) is 5. The Kier molecular flexibility index (Phi) is 7.03. The number of nitrogens with zero attached hydrogens (tertiary/aromatic N) is 1. The predicted octanol–water partition coefficient (Wildman–Crippen LogP) is 7.77. The van der Waals surface area contributed by atoms with Gasteiger partial charge >= 0.3 is 0 Å². The van der Waals surface area contributed by atoms with Gasteiger partial charge in [0.2, 0.25) is 0 Å². The second kappa shape index (κ2) is 10.3. The fourth-order valence-corrected chi connectivity index (χ4v) is 4.30. The highest BCUT2D eigenvalue weighted by atomic mass is 32.1. The summed E-state index contributed by atoms with van der Waals surface area (Å²) in [5.74, 6) is 0.924. The Hall–Kier alpha value is -2.79. The molecular weight excluding hydrogens is 390 g/mol. The fourth-order valence-electron chi connectivity index (χ4n) is 3.57. The molecule has 0 bridgehead atoms. The molecule has 4 rings (SSSR count). The van der Waals surface area contributed by atoms with Gasteiger partial charge in [0.1, 0.15) is 5.75 Å². The summed E-state index contributed by atoms with van der Waals surface area (Å²) < 4.78 is 5.87. The van der Waals surface area contributed by atoms with Gasteiger partial charge in [-0.1, -0.05) is 57.2 Å². The second-order valence-electron chi connectivity index (χ2n) is 7.55. The van der Waals surface area contributed by atoms with E-state index in [0.29, 0.717) is 0 Å². The third-order valence-electron chi connectivity index (χ3n) is 5.24. The molecule has 0 aliphatic heterocycles. The zero-order chi connectivity index (χ0) is 20.6. The summed E-state index contributed by atoms with van der Waals surface area (Å²) in [7, 11) is 0. The van der Waals surface area contributed by atoms with Crippen molar-refractivity contribution in [3.05, 3.63) is 60.1 Å². The zero-order valence-corrected chi connectivity index (χ0v) is 18.3. The van der Waals surface area contributed by atoms with Crippen LogP contribution < -0.4 is 10.1 Å². The number of anilines is 2. The molecule has 4 nitrogen and oxygen atoms in total. The summed E-state index contributed by atoms with van der Waals surface area (Å²) in [5.41, 5.74) is 4.26. The lowest BCUT2D eigenvalue weighted by Crippen LogP contribution is -1.97. The number of thiazole rings is 1. The predicted molar refractivity (Wildman–Crippen MR) is 128 cm³/mol. The van der Waals surface area contributed by atoms with E-state index < -0.39 is 0 Å². The number of benzene rings is 2. The smallest absolute Gasteiger partial charge is 0.187 e. The normalized spacial score (nSPS) is 11.1. The van der Waals surface area contributed by atoms with Crippen LogP contribution in [0.25, 0.3) is 22.2 Å². The van der Waals surface area contributed by atoms with Crippen LogP contribution in [0.15, 0.2) is 60.1 Å². The lowest BCUT2D eigenvalue weighted by molar-refractivity contribution is 0.304. The SMILES string of the molecule is CCCCCCCCOc1ccc(Nc2nc(-c3c[nH]c4ccccc34)cs2)cc1. The first-order valence-corrected chi connectivity index (χ1v) is 11.7. The van der Waals surface area contributed by atoms with Crippen LogP contribution in [-0.2, 0) is 0 Å². The first-order chi connectivity index (χ1) is 14.8. The molecule has 5 heteroatoms. The monoisotopic (exact) mass is 419 g/mol. The van der Waals surface area contributed by atoms with Crippen molar-refractivity contribution in [1.82, 2.24) is 9.97 Å². The van der Waals surface area contributed by atoms with Crippen LogP contribution in [-0.4, -0.2) is 16.6 Å². The highest BCUT2D eigenvalue weighted by Crippen LogP contribution is 2.32. The lowest BCUT2D eigenvalue weighted by Gasteiger charge is -2.08. The van der Waals surface area contributed by atoms with E-state index in [1.807, 2.05) is 36.5 Å². The standard InChI is InChI=1S/C25H29N3OS/c1-2-3-4-5-6-9-16-29-20-14-12-19(13-15-20)27-25-28-24(18-30-25)22-17-26-23-11-8-7-10-21(22)23/h7-8,10-15,17-18,26H,2-6,9,16H2,1H3,(H,27,28). The highest BCUT2D eigenvalue weighted by molar-refractivity contribution is 7.14. The molecule has 0 aliphatic carbocycles. The molecule has 0 saturated heterocycles. The van der Waals surface area contributed by atoms with Gasteiger partial charge in [0.25, 0.3) is 0 Å². The molecule has 0 radical (unpaired) electrons. The Labute approximate surface area is 182 Å². The van der Waals surface area contributed by atoms with Crippen LogP contribution in [0, 0.1) is 0 Å². The highest BCUT2D eigenvalue weighted by Gasteiger charge is 2.10. The van der Waals surface area contributed by atoms with Crippen LogP contribution in [0.5, 0.6) is 5.75 Å². The molecule has 2 aromatic carbocycles. The van der Waals surface area contributed by atoms with E-state index in [2.05, 4.69) is 40.8 Å². The van der Waals surface area contributed by atoms with Gasteiger partial charge in [-0.05, 0) is 36.8 Å². The van der Waals surface area contributed by atoms with Gasteiger partial charge in [0.15, 0.2) is 5.13 Å². The summed E-state index contributed by atoms with van der Waals surface area (Å²) in [4.78, 5) is 8.08. The molecule has 0 spiro atoms. The number of H-pyrrole nitrogens is 1. The Morgan fingerprint density at radius 3 is 2.63 bits per heavy atom. The van der Waals surface area contributed by atoms with Crippen LogP contribution in [0.4, 0.5) is 10.8 Å². The largest absolute Gasteiger partial charge is 0.494 e. The molecule has 0 saturated carbocycles. The quantitative estimate of drug-likeness (QED) is 0.244. The summed E-state index contributed by atoms with van der Waals surface area (Å²) in [6.45, 7) is 3.04. The van der Waals surface area contributed by atoms with Crippen LogP contribution in [0.2, 0.25) is 0 Å². The van der Waals surface area contributed by atoms with Crippen LogP contribution >= 0.6 is 11.3 Å².